The molecule has 1 atom stereocenters. The lowest BCUT2D eigenvalue weighted by atomic mass is 10.1. The predicted octanol–water partition coefficient (Wildman–Crippen LogP) is 2.78. The first-order valence-corrected chi connectivity index (χ1v) is 9.69. The van der Waals surface area contributed by atoms with Gasteiger partial charge < -0.3 is 14.6 Å². The molecule has 3 rings (SSSR count). The van der Waals surface area contributed by atoms with Crippen LogP contribution < -0.4 is 15.4 Å². The lowest BCUT2D eigenvalue weighted by molar-refractivity contribution is -0.119. The summed E-state index contributed by atoms with van der Waals surface area (Å²) in [5.74, 6) is 0.976. The third kappa shape index (κ3) is 4.75. The van der Waals surface area contributed by atoms with Crippen LogP contribution in [-0.4, -0.2) is 40.9 Å². The number of methoxy groups -OCH3 is 1. The Morgan fingerprint density at radius 1 is 1.07 bits per heavy atom. The largest absolute Gasteiger partial charge is 0.497 e. The van der Waals surface area contributed by atoms with Crippen LogP contribution in [0, 0.1) is 0 Å². The van der Waals surface area contributed by atoms with E-state index in [0.717, 1.165) is 16.9 Å². The number of urea groups is 1. The van der Waals surface area contributed by atoms with Gasteiger partial charge in [-0.3, -0.25) is 10.1 Å². The van der Waals surface area contributed by atoms with Gasteiger partial charge in [-0.1, -0.05) is 42.1 Å². The number of ether oxygens (including phenoxy) is 1. The number of rotatable bonds is 6. The van der Waals surface area contributed by atoms with Gasteiger partial charge in [-0.15, -0.1) is 10.2 Å². The molecule has 3 aromatic rings. The highest BCUT2D eigenvalue weighted by atomic mass is 32.2. The highest BCUT2D eigenvalue weighted by molar-refractivity contribution is 8.00. The average Bonchev–Trinajstić information content (AvgIpc) is 3.12. The summed E-state index contributed by atoms with van der Waals surface area (Å²) in [5, 5.41) is 13.1. The Hall–Kier alpha value is -3.33. The minimum absolute atomic E-state index is 0.436. The van der Waals surface area contributed by atoms with Gasteiger partial charge in [-0.2, -0.15) is 0 Å². The third-order valence-electron chi connectivity index (χ3n) is 4.21. The number of aromatic nitrogens is 3. The first-order valence-electron chi connectivity index (χ1n) is 8.81. The fourth-order valence-corrected chi connectivity index (χ4v) is 3.66. The van der Waals surface area contributed by atoms with Crippen molar-refractivity contribution in [1.29, 1.82) is 0 Å². The SMILES string of the molecule is CNC(=O)NC(=O)[C@@H](Sc1nnc(-c2ccc(OC)cc2)n1C)c1ccccc1. The van der Waals surface area contributed by atoms with E-state index in [0.29, 0.717) is 11.0 Å². The molecule has 2 aromatic carbocycles. The Morgan fingerprint density at radius 3 is 2.38 bits per heavy atom. The van der Waals surface area contributed by atoms with E-state index in [-0.39, 0.29) is 0 Å². The first-order chi connectivity index (χ1) is 14.0. The van der Waals surface area contributed by atoms with Gasteiger partial charge in [0, 0.05) is 19.7 Å². The molecule has 3 amide bonds. The zero-order valence-electron chi connectivity index (χ0n) is 16.2. The zero-order valence-corrected chi connectivity index (χ0v) is 17.1. The van der Waals surface area contributed by atoms with Crippen molar-refractivity contribution < 1.29 is 14.3 Å². The van der Waals surface area contributed by atoms with Gasteiger partial charge in [0.2, 0.25) is 5.91 Å². The smallest absolute Gasteiger partial charge is 0.321 e. The van der Waals surface area contributed by atoms with Crippen LogP contribution in [-0.2, 0) is 11.8 Å². The third-order valence-corrected chi connectivity index (χ3v) is 5.50. The summed E-state index contributed by atoms with van der Waals surface area (Å²) in [6.07, 6.45) is 0. The molecule has 0 aliphatic heterocycles. The van der Waals surface area contributed by atoms with Crippen molar-refractivity contribution in [2.24, 2.45) is 7.05 Å². The number of nitrogens with zero attached hydrogens (tertiary/aromatic N) is 3. The van der Waals surface area contributed by atoms with Crippen molar-refractivity contribution >= 4 is 23.7 Å². The van der Waals surface area contributed by atoms with Gasteiger partial charge in [-0.05, 0) is 29.8 Å². The van der Waals surface area contributed by atoms with Crippen molar-refractivity contribution in [3.8, 4) is 17.1 Å². The van der Waals surface area contributed by atoms with E-state index in [9.17, 15) is 9.59 Å². The van der Waals surface area contributed by atoms with Crippen LogP contribution in [0.2, 0.25) is 0 Å². The molecule has 150 valence electrons. The van der Waals surface area contributed by atoms with Crippen LogP contribution in [0.25, 0.3) is 11.4 Å². The Balaban J connectivity index is 1.88. The second kappa shape index (κ2) is 9.24. The fourth-order valence-electron chi connectivity index (χ4n) is 2.66. The number of imide groups is 1. The molecular formula is C20H21N5O3S. The predicted molar refractivity (Wildman–Crippen MR) is 111 cm³/mol. The van der Waals surface area contributed by atoms with Crippen molar-refractivity contribution in [1.82, 2.24) is 25.4 Å². The summed E-state index contributed by atoms with van der Waals surface area (Å²) in [5.41, 5.74) is 1.63. The van der Waals surface area contributed by atoms with Crippen LogP contribution in [0.4, 0.5) is 4.79 Å². The Morgan fingerprint density at radius 2 is 1.76 bits per heavy atom. The van der Waals surface area contributed by atoms with E-state index in [1.807, 2.05) is 66.2 Å². The van der Waals surface area contributed by atoms with Crippen molar-refractivity contribution in [2.75, 3.05) is 14.2 Å². The maximum absolute atomic E-state index is 12.7. The van der Waals surface area contributed by atoms with E-state index < -0.39 is 17.2 Å². The molecule has 0 bridgehead atoms. The molecule has 8 nitrogen and oxygen atoms in total. The molecule has 0 radical (unpaired) electrons. The number of thioether (sulfide) groups is 1. The van der Waals surface area contributed by atoms with E-state index in [4.69, 9.17) is 4.74 Å². The summed E-state index contributed by atoms with van der Waals surface area (Å²) >= 11 is 1.22. The number of hydrogen-bond acceptors (Lipinski definition) is 6. The quantitative estimate of drug-likeness (QED) is 0.606. The monoisotopic (exact) mass is 411 g/mol. The molecule has 0 saturated carbocycles. The first kappa shape index (κ1) is 20.4. The van der Waals surface area contributed by atoms with Crippen molar-refractivity contribution in [2.45, 2.75) is 10.4 Å². The van der Waals surface area contributed by atoms with E-state index in [1.54, 1.807) is 7.11 Å². The van der Waals surface area contributed by atoms with E-state index >= 15 is 0 Å². The Kier molecular flexibility index (Phi) is 6.50. The number of benzene rings is 2. The molecule has 0 unspecified atom stereocenters. The lowest BCUT2D eigenvalue weighted by Gasteiger charge is -2.16. The van der Waals surface area contributed by atoms with Crippen LogP contribution in [0.1, 0.15) is 10.8 Å². The van der Waals surface area contributed by atoms with Crippen LogP contribution in [0.15, 0.2) is 59.8 Å². The summed E-state index contributed by atoms with van der Waals surface area (Å²) in [6, 6.07) is 16.1. The normalized spacial score (nSPS) is 11.6. The molecule has 29 heavy (non-hydrogen) atoms. The fraction of sp³-hybridized carbons (Fsp3) is 0.200. The van der Waals surface area contributed by atoms with Gasteiger partial charge in [0.15, 0.2) is 11.0 Å². The van der Waals surface area contributed by atoms with Crippen LogP contribution in [0.3, 0.4) is 0 Å². The number of hydrogen-bond donors (Lipinski definition) is 2. The van der Waals surface area contributed by atoms with Crippen molar-refractivity contribution in [3.63, 3.8) is 0 Å². The molecule has 9 heteroatoms. The van der Waals surface area contributed by atoms with Gasteiger partial charge in [-0.25, -0.2) is 4.79 Å². The zero-order chi connectivity index (χ0) is 20.8. The van der Waals surface area contributed by atoms with Gasteiger partial charge >= 0.3 is 6.03 Å². The molecule has 1 aromatic heterocycles. The Labute approximate surface area is 172 Å². The topological polar surface area (TPSA) is 98.1 Å². The highest BCUT2D eigenvalue weighted by Gasteiger charge is 2.26. The summed E-state index contributed by atoms with van der Waals surface area (Å²) in [7, 11) is 4.90. The van der Waals surface area contributed by atoms with Gasteiger partial charge in [0.05, 0.1) is 7.11 Å². The second-order valence-corrected chi connectivity index (χ2v) is 7.14. The second-order valence-electron chi connectivity index (χ2n) is 6.07. The van der Waals surface area contributed by atoms with Crippen LogP contribution in [0.5, 0.6) is 5.75 Å². The minimum Gasteiger partial charge on any atom is -0.497 e. The maximum atomic E-state index is 12.7. The number of nitrogens with one attached hydrogen (secondary N) is 2. The molecule has 2 N–H and O–H groups in total. The number of carbonyl (C=O) groups is 2. The van der Waals surface area contributed by atoms with Crippen LogP contribution >= 0.6 is 11.8 Å². The maximum Gasteiger partial charge on any atom is 0.321 e. The van der Waals surface area contributed by atoms with Gasteiger partial charge in [0.1, 0.15) is 11.0 Å². The Bertz CT molecular complexity index is 989. The van der Waals surface area contributed by atoms with Gasteiger partial charge in [0.25, 0.3) is 0 Å². The van der Waals surface area contributed by atoms with E-state index in [1.165, 1.54) is 18.8 Å². The molecule has 0 spiro atoms. The summed E-state index contributed by atoms with van der Waals surface area (Å²) in [4.78, 5) is 24.3. The number of carbonyl (C=O) groups excluding carboxylic acids is 2. The minimum atomic E-state index is -0.667. The molecule has 0 aliphatic rings. The lowest BCUT2D eigenvalue weighted by Crippen LogP contribution is -2.39. The summed E-state index contributed by atoms with van der Waals surface area (Å²) in [6.45, 7) is 0. The van der Waals surface area contributed by atoms with Crippen molar-refractivity contribution in [3.05, 3.63) is 60.2 Å². The molecule has 0 saturated heterocycles. The molecular weight excluding hydrogens is 390 g/mol. The number of amides is 3. The standard InChI is InChI=1S/C20H21N5O3S/c1-21-19(27)22-18(26)16(13-7-5-4-6-8-13)29-20-24-23-17(25(20)2)14-9-11-15(28-3)12-10-14/h4-12,16H,1-3H3,(H2,21,22,26,27)/t16-/m0/s1. The molecule has 0 fully saturated rings. The summed E-state index contributed by atoms with van der Waals surface area (Å²) < 4.78 is 7.00. The highest BCUT2D eigenvalue weighted by Crippen LogP contribution is 2.35. The average molecular weight is 411 g/mol. The molecule has 0 aliphatic carbocycles. The molecule has 1 heterocycles. The van der Waals surface area contributed by atoms with E-state index in [2.05, 4.69) is 20.8 Å².